The quantitative estimate of drug-likeness (QED) is 0.477. The molecule has 0 radical (unpaired) electrons. The molecule has 0 saturated carbocycles. The lowest BCUT2D eigenvalue weighted by atomic mass is 10.1. The van der Waals surface area contributed by atoms with Gasteiger partial charge in [0.15, 0.2) is 0 Å². The van der Waals surface area contributed by atoms with Crippen LogP contribution in [-0.2, 0) is 22.5 Å². The summed E-state index contributed by atoms with van der Waals surface area (Å²) in [4.78, 5) is 26.4. The van der Waals surface area contributed by atoms with Crippen molar-refractivity contribution in [1.82, 2.24) is 4.98 Å². The molecule has 24 heavy (non-hydrogen) atoms. The number of benzene rings is 1. The van der Waals surface area contributed by atoms with Gasteiger partial charge in [-0.25, -0.2) is 0 Å². The summed E-state index contributed by atoms with van der Waals surface area (Å²) in [5, 5.41) is 14.3. The zero-order chi connectivity index (χ0) is 17.5. The second-order valence-corrected chi connectivity index (χ2v) is 5.31. The van der Waals surface area contributed by atoms with Crippen LogP contribution >= 0.6 is 0 Å². The summed E-state index contributed by atoms with van der Waals surface area (Å²) in [7, 11) is 0. The molecule has 0 aliphatic rings. The van der Waals surface area contributed by atoms with Gasteiger partial charge in [-0.2, -0.15) is 0 Å². The number of carbonyl (C=O) groups is 1. The molecule has 0 aliphatic carbocycles. The fraction of sp³-hybridized carbons (Fsp3) is 0.294. The fourth-order valence-electron chi connectivity index (χ4n) is 2.28. The summed E-state index contributed by atoms with van der Waals surface area (Å²) in [6.07, 6.45) is 3.47. The number of carbonyl (C=O) groups excluding carboxylic acids is 1. The van der Waals surface area contributed by atoms with E-state index >= 15 is 0 Å². The summed E-state index contributed by atoms with van der Waals surface area (Å²) >= 11 is 0. The average molecular weight is 329 g/mol. The van der Waals surface area contributed by atoms with Gasteiger partial charge in [-0.1, -0.05) is 12.1 Å². The lowest BCUT2D eigenvalue weighted by Gasteiger charge is -2.09. The van der Waals surface area contributed by atoms with Crippen LogP contribution in [-0.4, -0.2) is 22.5 Å². The first-order chi connectivity index (χ1) is 11.5. The van der Waals surface area contributed by atoms with E-state index in [4.69, 9.17) is 4.74 Å². The largest absolute Gasteiger partial charge is 0.466 e. The Bertz CT molecular complexity index is 746. The number of hydrogen-bond donors (Lipinski definition) is 1. The molecular formula is C17H19N3O4. The lowest BCUT2D eigenvalue weighted by Crippen LogP contribution is -2.08. The predicted octanol–water partition coefficient (Wildman–Crippen LogP) is 3.02. The number of nitro benzene ring substituents is 1. The SMILES string of the molecule is CCOC(=O)Cc1ccc(NCc2cncc(C)c2)c([N+](=O)[O-])c1. The van der Waals surface area contributed by atoms with E-state index in [-0.39, 0.29) is 18.7 Å². The molecule has 1 N–H and O–H groups in total. The van der Waals surface area contributed by atoms with E-state index < -0.39 is 10.9 Å². The number of pyridine rings is 1. The second-order valence-electron chi connectivity index (χ2n) is 5.31. The van der Waals surface area contributed by atoms with Gasteiger partial charge < -0.3 is 10.1 Å². The first kappa shape index (κ1) is 17.4. The maximum atomic E-state index is 11.5. The molecule has 0 atom stereocenters. The molecule has 0 bridgehead atoms. The van der Waals surface area contributed by atoms with Crippen LogP contribution in [0.2, 0.25) is 0 Å². The van der Waals surface area contributed by atoms with Crippen molar-refractivity contribution in [2.75, 3.05) is 11.9 Å². The van der Waals surface area contributed by atoms with Crippen LogP contribution in [0.3, 0.4) is 0 Å². The maximum absolute atomic E-state index is 11.5. The Morgan fingerprint density at radius 2 is 2.08 bits per heavy atom. The predicted molar refractivity (Wildman–Crippen MR) is 89.7 cm³/mol. The van der Waals surface area contributed by atoms with Gasteiger partial charge in [-0.05, 0) is 36.6 Å². The third-order valence-electron chi connectivity index (χ3n) is 3.33. The highest BCUT2D eigenvalue weighted by Gasteiger charge is 2.16. The lowest BCUT2D eigenvalue weighted by molar-refractivity contribution is -0.384. The minimum Gasteiger partial charge on any atom is -0.466 e. The Morgan fingerprint density at radius 1 is 1.29 bits per heavy atom. The Hall–Kier alpha value is -2.96. The number of nitrogens with zero attached hydrogens (tertiary/aromatic N) is 2. The van der Waals surface area contributed by atoms with Gasteiger partial charge >= 0.3 is 5.97 Å². The molecule has 126 valence electrons. The van der Waals surface area contributed by atoms with Crippen LogP contribution in [0.15, 0.2) is 36.7 Å². The number of aryl methyl sites for hydroxylation is 1. The van der Waals surface area contributed by atoms with Crippen molar-refractivity contribution in [1.29, 1.82) is 0 Å². The Kier molecular flexibility index (Phi) is 5.83. The second kappa shape index (κ2) is 8.05. The molecular weight excluding hydrogens is 310 g/mol. The molecule has 1 aromatic carbocycles. The van der Waals surface area contributed by atoms with Gasteiger partial charge in [0.2, 0.25) is 0 Å². The van der Waals surface area contributed by atoms with Crippen molar-refractivity contribution in [3.05, 3.63) is 63.5 Å². The van der Waals surface area contributed by atoms with Crippen LogP contribution < -0.4 is 5.32 Å². The third-order valence-corrected chi connectivity index (χ3v) is 3.33. The van der Waals surface area contributed by atoms with Gasteiger partial charge in [0.1, 0.15) is 5.69 Å². The van der Waals surface area contributed by atoms with Crippen molar-refractivity contribution >= 4 is 17.3 Å². The van der Waals surface area contributed by atoms with Crippen molar-refractivity contribution in [2.24, 2.45) is 0 Å². The van der Waals surface area contributed by atoms with Gasteiger partial charge in [0, 0.05) is 25.0 Å². The zero-order valence-corrected chi connectivity index (χ0v) is 13.6. The Labute approximate surface area is 139 Å². The summed E-state index contributed by atoms with van der Waals surface area (Å²) in [6.45, 7) is 4.36. The fourth-order valence-corrected chi connectivity index (χ4v) is 2.28. The molecule has 1 heterocycles. The van der Waals surface area contributed by atoms with Gasteiger partial charge in [-0.3, -0.25) is 19.9 Å². The molecule has 0 aliphatic heterocycles. The van der Waals surface area contributed by atoms with Crippen LogP contribution in [0, 0.1) is 17.0 Å². The molecule has 0 fully saturated rings. The van der Waals surface area contributed by atoms with Crippen LogP contribution in [0.1, 0.15) is 23.6 Å². The van der Waals surface area contributed by atoms with Crippen molar-refractivity contribution in [3.63, 3.8) is 0 Å². The Balaban J connectivity index is 2.14. The number of anilines is 1. The normalized spacial score (nSPS) is 10.2. The number of rotatable bonds is 7. The molecule has 2 rings (SSSR count). The smallest absolute Gasteiger partial charge is 0.310 e. The standard InChI is InChI=1S/C17H19N3O4/c1-3-24-17(21)8-13-4-5-15(16(7-13)20(22)23)19-11-14-6-12(2)9-18-10-14/h4-7,9-10,19H,3,8,11H2,1-2H3. The zero-order valence-electron chi connectivity index (χ0n) is 13.6. The third kappa shape index (κ3) is 4.77. The summed E-state index contributed by atoms with van der Waals surface area (Å²) in [5.41, 5.74) is 2.82. The maximum Gasteiger partial charge on any atom is 0.310 e. The minimum absolute atomic E-state index is 0.0107. The first-order valence-corrected chi connectivity index (χ1v) is 7.57. The highest BCUT2D eigenvalue weighted by atomic mass is 16.6. The molecule has 7 heteroatoms. The van der Waals surface area contributed by atoms with Crippen molar-refractivity contribution in [3.8, 4) is 0 Å². The van der Waals surface area contributed by atoms with Gasteiger partial charge in [0.25, 0.3) is 5.69 Å². The number of nitro groups is 1. The Morgan fingerprint density at radius 3 is 2.75 bits per heavy atom. The highest BCUT2D eigenvalue weighted by Crippen LogP contribution is 2.26. The van der Waals surface area contributed by atoms with E-state index in [9.17, 15) is 14.9 Å². The average Bonchev–Trinajstić information content (AvgIpc) is 2.53. The van der Waals surface area contributed by atoms with Crippen LogP contribution in [0.25, 0.3) is 0 Å². The van der Waals surface area contributed by atoms with Gasteiger partial charge in [-0.15, -0.1) is 0 Å². The van der Waals surface area contributed by atoms with E-state index in [1.54, 1.807) is 31.5 Å². The number of hydrogen-bond acceptors (Lipinski definition) is 6. The summed E-state index contributed by atoms with van der Waals surface area (Å²) in [6, 6.07) is 6.64. The van der Waals surface area contributed by atoms with E-state index in [0.717, 1.165) is 11.1 Å². The van der Waals surface area contributed by atoms with E-state index in [2.05, 4.69) is 10.3 Å². The topological polar surface area (TPSA) is 94.4 Å². The van der Waals surface area contributed by atoms with Crippen LogP contribution in [0.4, 0.5) is 11.4 Å². The molecule has 0 amide bonds. The molecule has 0 saturated heterocycles. The van der Waals surface area contributed by atoms with Crippen LogP contribution in [0.5, 0.6) is 0 Å². The summed E-state index contributed by atoms with van der Waals surface area (Å²) in [5.74, 6) is -0.404. The molecule has 1 aromatic heterocycles. The molecule has 2 aromatic rings. The number of aromatic nitrogens is 1. The molecule has 7 nitrogen and oxygen atoms in total. The number of nitrogens with one attached hydrogen (secondary N) is 1. The minimum atomic E-state index is -0.467. The van der Waals surface area contributed by atoms with E-state index in [0.29, 0.717) is 17.8 Å². The monoisotopic (exact) mass is 329 g/mol. The molecule has 0 unspecified atom stereocenters. The van der Waals surface area contributed by atoms with Crippen molar-refractivity contribution in [2.45, 2.75) is 26.8 Å². The highest BCUT2D eigenvalue weighted by molar-refractivity contribution is 5.74. The van der Waals surface area contributed by atoms with Gasteiger partial charge in [0.05, 0.1) is 18.0 Å². The number of ether oxygens (including phenoxy) is 1. The molecule has 0 spiro atoms. The number of esters is 1. The van der Waals surface area contributed by atoms with E-state index in [1.807, 2.05) is 13.0 Å². The van der Waals surface area contributed by atoms with E-state index in [1.165, 1.54) is 6.07 Å². The summed E-state index contributed by atoms with van der Waals surface area (Å²) < 4.78 is 4.86. The first-order valence-electron chi connectivity index (χ1n) is 7.57. The van der Waals surface area contributed by atoms with Crippen molar-refractivity contribution < 1.29 is 14.5 Å².